The molecule has 6 rings (SSSR count). The van der Waals surface area contributed by atoms with E-state index in [4.69, 9.17) is 30.6 Å². The number of fused-ring (bicyclic) bond motifs is 2. The van der Waals surface area contributed by atoms with E-state index in [1.54, 1.807) is 17.7 Å². The second-order valence-electron chi connectivity index (χ2n) is 7.65. The van der Waals surface area contributed by atoms with Crippen molar-refractivity contribution in [2.75, 3.05) is 23.6 Å². The van der Waals surface area contributed by atoms with Gasteiger partial charge in [-0.15, -0.1) is 11.3 Å². The first-order valence-electron chi connectivity index (χ1n) is 10.2. The Morgan fingerprint density at radius 1 is 1.22 bits per heavy atom. The van der Waals surface area contributed by atoms with Crippen LogP contribution in [0.5, 0.6) is 11.5 Å². The van der Waals surface area contributed by atoms with Crippen LogP contribution in [-0.2, 0) is 0 Å². The molecule has 5 heterocycles. The van der Waals surface area contributed by atoms with E-state index in [1.165, 1.54) is 0 Å². The van der Waals surface area contributed by atoms with Gasteiger partial charge in [0.25, 0.3) is 0 Å². The highest BCUT2D eigenvalue weighted by Gasteiger charge is 2.30. The molecule has 162 valence electrons. The van der Waals surface area contributed by atoms with Crippen LogP contribution in [0.1, 0.15) is 12.8 Å². The molecule has 32 heavy (non-hydrogen) atoms. The molecular weight excluding hydrogens is 428 g/mol. The number of amidine groups is 1. The summed E-state index contributed by atoms with van der Waals surface area (Å²) >= 11 is 1.55. The molecule has 1 aromatic carbocycles. The lowest BCUT2D eigenvalue weighted by Gasteiger charge is -2.24. The molecule has 1 saturated heterocycles. The van der Waals surface area contributed by atoms with Gasteiger partial charge >= 0.3 is 0 Å². The van der Waals surface area contributed by atoms with E-state index in [1.807, 2.05) is 45.3 Å². The second-order valence-corrected chi connectivity index (χ2v) is 8.54. The normalized spacial score (nSPS) is 17.2. The van der Waals surface area contributed by atoms with Gasteiger partial charge < -0.3 is 30.0 Å². The highest BCUT2D eigenvalue weighted by atomic mass is 32.1. The molecule has 1 atom stereocenters. The van der Waals surface area contributed by atoms with Gasteiger partial charge in [-0.05, 0) is 36.4 Å². The van der Waals surface area contributed by atoms with Gasteiger partial charge in [-0.3, -0.25) is 5.41 Å². The lowest BCUT2D eigenvalue weighted by atomic mass is 10.2. The number of anilines is 3. The lowest BCUT2D eigenvalue weighted by molar-refractivity contribution is 0.174. The van der Waals surface area contributed by atoms with Crippen molar-refractivity contribution in [3.63, 3.8) is 0 Å². The van der Waals surface area contributed by atoms with Crippen molar-refractivity contribution in [1.29, 1.82) is 5.41 Å². The Morgan fingerprint density at radius 2 is 2.12 bits per heavy atom. The van der Waals surface area contributed by atoms with Gasteiger partial charge in [-0.25, -0.2) is 9.97 Å². The van der Waals surface area contributed by atoms with Crippen LogP contribution >= 0.6 is 11.3 Å². The Morgan fingerprint density at radius 3 is 3.03 bits per heavy atom. The number of nitrogens with zero attached hydrogens (tertiary/aromatic N) is 5. The van der Waals surface area contributed by atoms with Crippen LogP contribution in [0, 0.1) is 5.41 Å². The fraction of sp³-hybridized carbons (Fsp3) is 0.238. The fourth-order valence-electron chi connectivity index (χ4n) is 4.09. The number of hydrogen-bond acceptors (Lipinski definition) is 9. The largest absolute Gasteiger partial charge is 0.454 e. The number of aromatic nitrogens is 4. The molecule has 11 heteroatoms. The summed E-state index contributed by atoms with van der Waals surface area (Å²) in [6, 6.07) is 7.59. The van der Waals surface area contributed by atoms with Gasteiger partial charge in [0.1, 0.15) is 28.6 Å². The number of nitrogens with two attached hydrogens (primary N) is 1. The van der Waals surface area contributed by atoms with Crippen molar-refractivity contribution in [2.45, 2.75) is 18.9 Å². The first kappa shape index (κ1) is 18.9. The van der Waals surface area contributed by atoms with Crippen LogP contribution < -0.4 is 25.4 Å². The number of hydrogen-bond donors (Lipinski definition) is 3. The SMILES string of the molecule is N=C(N)[C@@H]1CCCN1c1nc(Nc2cn(-c3ccc4c(c3)OCO4)cn2)c2ccsc2n1. The summed E-state index contributed by atoms with van der Waals surface area (Å²) in [5.74, 6) is 3.52. The number of thiophene rings is 1. The third kappa shape index (κ3) is 3.17. The van der Waals surface area contributed by atoms with E-state index in [-0.39, 0.29) is 18.7 Å². The molecule has 0 aliphatic carbocycles. The van der Waals surface area contributed by atoms with Gasteiger partial charge in [0.15, 0.2) is 11.5 Å². The summed E-state index contributed by atoms with van der Waals surface area (Å²) in [5, 5.41) is 14.2. The predicted molar refractivity (Wildman–Crippen MR) is 123 cm³/mol. The average molecular weight is 449 g/mol. The number of benzene rings is 1. The maximum Gasteiger partial charge on any atom is 0.231 e. The average Bonchev–Trinajstić information content (AvgIpc) is 3.59. The zero-order valence-electron chi connectivity index (χ0n) is 17.0. The molecule has 10 nitrogen and oxygen atoms in total. The van der Waals surface area contributed by atoms with Crippen molar-refractivity contribution in [1.82, 2.24) is 19.5 Å². The number of rotatable bonds is 5. The van der Waals surface area contributed by atoms with Crippen LogP contribution in [-0.4, -0.2) is 44.7 Å². The van der Waals surface area contributed by atoms with E-state index in [0.717, 1.165) is 46.8 Å². The van der Waals surface area contributed by atoms with Gasteiger partial charge in [0.2, 0.25) is 12.7 Å². The highest BCUT2D eigenvalue weighted by Crippen LogP contribution is 2.35. The van der Waals surface area contributed by atoms with Gasteiger partial charge in [0, 0.05) is 12.6 Å². The van der Waals surface area contributed by atoms with Crippen LogP contribution in [0.4, 0.5) is 17.6 Å². The Labute approximate surface area is 187 Å². The Kier molecular flexibility index (Phi) is 4.35. The third-order valence-electron chi connectivity index (χ3n) is 5.67. The molecule has 0 radical (unpaired) electrons. The number of ether oxygens (including phenoxy) is 2. The van der Waals surface area contributed by atoms with E-state index in [9.17, 15) is 0 Å². The van der Waals surface area contributed by atoms with E-state index >= 15 is 0 Å². The summed E-state index contributed by atoms with van der Waals surface area (Å²) in [4.78, 5) is 16.9. The molecule has 2 aliphatic heterocycles. The molecule has 0 spiro atoms. The monoisotopic (exact) mass is 448 g/mol. The maximum atomic E-state index is 7.91. The van der Waals surface area contributed by atoms with Crippen LogP contribution in [0.15, 0.2) is 42.2 Å². The van der Waals surface area contributed by atoms with Crippen molar-refractivity contribution in [3.8, 4) is 17.2 Å². The first-order valence-corrected chi connectivity index (χ1v) is 11.1. The van der Waals surface area contributed by atoms with Crippen LogP contribution in [0.2, 0.25) is 0 Å². The summed E-state index contributed by atoms with van der Waals surface area (Å²) in [7, 11) is 0. The fourth-order valence-corrected chi connectivity index (χ4v) is 4.85. The van der Waals surface area contributed by atoms with E-state index in [2.05, 4.69) is 10.3 Å². The first-order chi connectivity index (χ1) is 15.7. The van der Waals surface area contributed by atoms with Crippen LogP contribution in [0.25, 0.3) is 15.9 Å². The van der Waals surface area contributed by atoms with Gasteiger partial charge in [-0.1, -0.05) is 0 Å². The van der Waals surface area contributed by atoms with E-state index in [0.29, 0.717) is 17.6 Å². The van der Waals surface area contributed by atoms with E-state index < -0.39 is 0 Å². The van der Waals surface area contributed by atoms with Crippen molar-refractivity contribution in [3.05, 3.63) is 42.2 Å². The smallest absolute Gasteiger partial charge is 0.231 e. The standard InChI is InChI=1S/C21H20N8O2S/c22-18(23)14-2-1-6-29(14)21-26-19(13-5-7-32-20(13)27-21)25-17-9-28(10-24-17)12-3-4-15-16(8-12)31-11-30-15/h3-5,7-10,14H,1-2,6,11H2,(H3,22,23)(H,25,26,27)/t14-/m0/s1. The Balaban J connectivity index is 1.32. The zero-order valence-corrected chi connectivity index (χ0v) is 17.8. The minimum atomic E-state index is -0.162. The van der Waals surface area contributed by atoms with Crippen LogP contribution in [0.3, 0.4) is 0 Å². The number of nitrogens with one attached hydrogen (secondary N) is 2. The minimum absolute atomic E-state index is 0.148. The summed E-state index contributed by atoms with van der Waals surface area (Å²) in [5.41, 5.74) is 6.73. The Bertz CT molecular complexity index is 1330. The number of imidazole rings is 1. The molecule has 3 aromatic heterocycles. The molecular formula is C21H20N8O2S. The summed E-state index contributed by atoms with van der Waals surface area (Å²) in [6.45, 7) is 1.02. The quantitative estimate of drug-likeness (QED) is 0.314. The van der Waals surface area contributed by atoms with Crippen molar-refractivity contribution in [2.24, 2.45) is 5.73 Å². The molecule has 0 saturated carbocycles. The Hall–Kier alpha value is -3.86. The zero-order chi connectivity index (χ0) is 21.7. The van der Waals surface area contributed by atoms with Crippen molar-refractivity contribution >= 4 is 45.0 Å². The minimum Gasteiger partial charge on any atom is -0.454 e. The molecule has 2 aliphatic rings. The molecule has 0 amide bonds. The predicted octanol–water partition coefficient (Wildman–Crippen LogP) is 3.25. The molecule has 0 bridgehead atoms. The molecule has 0 unspecified atom stereocenters. The van der Waals surface area contributed by atoms with Gasteiger partial charge in [-0.2, -0.15) is 4.98 Å². The topological polar surface area (TPSA) is 127 Å². The molecule has 4 aromatic rings. The molecule has 1 fully saturated rings. The second kappa shape index (κ2) is 7.38. The third-order valence-corrected chi connectivity index (χ3v) is 6.47. The summed E-state index contributed by atoms with van der Waals surface area (Å²) < 4.78 is 12.8. The maximum absolute atomic E-state index is 7.91. The van der Waals surface area contributed by atoms with Gasteiger partial charge in [0.05, 0.1) is 23.3 Å². The van der Waals surface area contributed by atoms with Crippen molar-refractivity contribution < 1.29 is 9.47 Å². The summed E-state index contributed by atoms with van der Waals surface area (Å²) in [6.07, 6.45) is 5.42. The lowest BCUT2D eigenvalue weighted by Crippen LogP contribution is -2.40. The molecule has 4 N–H and O–H groups in total. The highest BCUT2D eigenvalue weighted by molar-refractivity contribution is 7.16.